The van der Waals surface area contributed by atoms with Crippen molar-refractivity contribution in [1.82, 2.24) is 4.57 Å². The van der Waals surface area contributed by atoms with Gasteiger partial charge in [-0.15, -0.1) is 0 Å². The molecule has 6 heteroatoms. The first-order valence-electron chi connectivity index (χ1n) is 8.92. The summed E-state index contributed by atoms with van der Waals surface area (Å²) in [5, 5.41) is 18.3. The molecule has 0 fully saturated rings. The van der Waals surface area contributed by atoms with Gasteiger partial charge in [0.25, 0.3) is 17.7 Å². The first-order chi connectivity index (χ1) is 13.9. The van der Waals surface area contributed by atoms with Gasteiger partial charge in [0.1, 0.15) is 11.6 Å². The fourth-order valence-electron chi connectivity index (χ4n) is 3.21. The normalized spacial score (nSPS) is 12.4. The standard InChI is InChI=1S/C23H18FN3O2/c1-16-7-6-10-18(11-16)21-12-20(23(2,24)29-15-26)19(13-25)22(28)27(21)14-17-8-4-3-5-9-17/h3-12H,14H2,1-2H3. The molecular weight excluding hydrogens is 369 g/mol. The van der Waals surface area contributed by atoms with Crippen LogP contribution in [-0.4, -0.2) is 4.57 Å². The lowest BCUT2D eigenvalue weighted by molar-refractivity contribution is -0.0784. The Kier molecular flexibility index (Phi) is 5.47. The van der Waals surface area contributed by atoms with Crippen LogP contribution >= 0.6 is 0 Å². The Balaban J connectivity index is 2.33. The lowest BCUT2D eigenvalue weighted by Gasteiger charge is -2.22. The van der Waals surface area contributed by atoms with Gasteiger partial charge in [-0.05, 0) is 30.2 Å². The van der Waals surface area contributed by atoms with Gasteiger partial charge in [0.05, 0.1) is 17.8 Å². The summed E-state index contributed by atoms with van der Waals surface area (Å²) in [5.41, 5.74) is 1.64. The van der Waals surface area contributed by atoms with E-state index in [0.717, 1.165) is 18.1 Å². The van der Waals surface area contributed by atoms with Gasteiger partial charge < -0.3 is 9.30 Å². The number of nitrogens with zero attached hydrogens (tertiary/aromatic N) is 3. The van der Waals surface area contributed by atoms with Crippen molar-refractivity contribution in [2.75, 3.05) is 0 Å². The highest BCUT2D eigenvalue weighted by Gasteiger charge is 2.34. The lowest BCUT2D eigenvalue weighted by atomic mass is 9.98. The number of aryl methyl sites for hydroxylation is 1. The van der Waals surface area contributed by atoms with Gasteiger partial charge in [0, 0.05) is 6.92 Å². The van der Waals surface area contributed by atoms with Gasteiger partial charge in [0.15, 0.2) is 0 Å². The Hall–Kier alpha value is -3.90. The van der Waals surface area contributed by atoms with Crippen molar-refractivity contribution in [2.24, 2.45) is 0 Å². The minimum atomic E-state index is -2.61. The van der Waals surface area contributed by atoms with Crippen LogP contribution < -0.4 is 5.56 Å². The highest BCUT2D eigenvalue weighted by atomic mass is 19.2. The summed E-state index contributed by atoms with van der Waals surface area (Å²) >= 11 is 0. The number of halogens is 1. The molecule has 0 aliphatic rings. The highest BCUT2D eigenvalue weighted by Crippen LogP contribution is 2.32. The lowest BCUT2D eigenvalue weighted by Crippen LogP contribution is -2.31. The van der Waals surface area contributed by atoms with E-state index in [-0.39, 0.29) is 12.1 Å². The second-order valence-corrected chi connectivity index (χ2v) is 6.79. The fourth-order valence-corrected chi connectivity index (χ4v) is 3.21. The number of aromatic nitrogens is 1. The van der Waals surface area contributed by atoms with Crippen LogP contribution in [0.5, 0.6) is 0 Å². The number of hydrogen-bond donors (Lipinski definition) is 0. The van der Waals surface area contributed by atoms with Crippen LogP contribution in [0.1, 0.15) is 29.2 Å². The topological polar surface area (TPSA) is 78.8 Å². The molecule has 0 amide bonds. The Bertz CT molecular complexity index is 1190. The molecule has 0 saturated carbocycles. The third-order valence-corrected chi connectivity index (χ3v) is 4.63. The first kappa shape index (κ1) is 19.9. The molecule has 0 N–H and O–H groups in total. The molecule has 1 atom stereocenters. The average Bonchev–Trinajstić information content (AvgIpc) is 2.70. The molecule has 1 unspecified atom stereocenters. The van der Waals surface area contributed by atoms with Crippen molar-refractivity contribution in [1.29, 1.82) is 10.5 Å². The van der Waals surface area contributed by atoms with Gasteiger partial charge in [-0.25, -0.2) is 0 Å². The molecule has 3 aromatic rings. The van der Waals surface area contributed by atoms with Crippen molar-refractivity contribution in [3.05, 3.63) is 93.3 Å². The summed E-state index contributed by atoms with van der Waals surface area (Å²) in [6, 6.07) is 19.9. The van der Waals surface area contributed by atoms with E-state index in [1.165, 1.54) is 16.9 Å². The predicted octanol–water partition coefficient (Wildman–Crippen LogP) is 4.38. The molecule has 144 valence electrons. The number of benzene rings is 2. The third kappa shape index (κ3) is 4.02. The van der Waals surface area contributed by atoms with E-state index in [2.05, 4.69) is 4.74 Å². The summed E-state index contributed by atoms with van der Waals surface area (Å²) < 4.78 is 21.0. The monoisotopic (exact) mass is 387 g/mol. The number of ether oxygens (including phenoxy) is 1. The first-order valence-corrected chi connectivity index (χ1v) is 8.92. The second kappa shape index (κ2) is 8.00. The Labute approximate surface area is 167 Å². The quantitative estimate of drug-likeness (QED) is 0.609. The summed E-state index contributed by atoms with van der Waals surface area (Å²) in [5.74, 6) is -2.61. The molecule has 0 aliphatic heterocycles. The molecule has 0 bridgehead atoms. The molecular formula is C23H18FN3O2. The van der Waals surface area contributed by atoms with Crippen LogP contribution in [0, 0.1) is 29.8 Å². The van der Waals surface area contributed by atoms with E-state index in [0.29, 0.717) is 11.3 Å². The van der Waals surface area contributed by atoms with Gasteiger partial charge in [-0.2, -0.15) is 14.9 Å². The summed E-state index contributed by atoms with van der Waals surface area (Å²) in [7, 11) is 0. The van der Waals surface area contributed by atoms with Crippen molar-refractivity contribution < 1.29 is 9.13 Å². The highest BCUT2D eigenvalue weighted by molar-refractivity contribution is 5.63. The van der Waals surface area contributed by atoms with Gasteiger partial charge >= 0.3 is 0 Å². The van der Waals surface area contributed by atoms with E-state index in [4.69, 9.17) is 5.26 Å². The van der Waals surface area contributed by atoms with E-state index in [1.54, 1.807) is 12.1 Å². The van der Waals surface area contributed by atoms with Crippen LogP contribution in [0.15, 0.2) is 65.5 Å². The molecule has 0 spiro atoms. The molecule has 29 heavy (non-hydrogen) atoms. The molecule has 1 heterocycles. The maximum atomic E-state index is 15.0. The van der Waals surface area contributed by atoms with Crippen molar-refractivity contribution >= 4 is 0 Å². The maximum Gasteiger partial charge on any atom is 0.289 e. The van der Waals surface area contributed by atoms with Gasteiger partial charge in [-0.1, -0.05) is 54.1 Å². The molecule has 1 aromatic heterocycles. The summed E-state index contributed by atoms with van der Waals surface area (Å²) in [6.07, 6.45) is 1.31. The van der Waals surface area contributed by atoms with Crippen LogP contribution in [0.2, 0.25) is 0 Å². The van der Waals surface area contributed by atoms with Gasteiger partial charge in [-0.3, -0.25) is 4.79 Å². The average molecular weight is 387 g/mol. The van der Waals surface area contributed by atoms with Crippen LogP contribution in [0.3, 0.4) is 0 Å². The van der Waals surface area contributed by atoms with Crippen LogP contribution in [-0.2, 0) is 17.1 Å². The fraction of sp³-hybridized carbons (Fsp3) is 0.174. The molecule has 0 saturated heterocycles. The van der Waals surface area contributed by atoms with Crippen molar-refractivity contribution in [3.8, 4) is 23.6 Å². The molecule has 2 aromatic carbocycles. The van der Waals surface area contributed by atoms with Crippen molar-refractivity contribution in [3.63, 3.8) is 0 Å². The number of hydrogen-bond acceptors (Lipinski definition) is 4. The molecule has 5 nitrogen and oxygen atoms in total. The Morgan fingerprint density at radius 1 is 1.10 bits per heavy atom. The van der Waals surface area contributed by atoms with E-state index < -0.39 is 17.0 Å². The maximum absolute atomic E-state index is 15.0. The number of nitriles is 2. The minimum absolute atomic E-state index is 0.208. The molecule has 3 rings (SSSR count). The summed E-state index contributed by atoms with van der Waals surface area (Å²) in [6.45, 7) is 3.12. The largest absolute Gasteiger partial charge is 0.384 e. The third-order valence-electron chi connectivity index (χ3n) is 4.63. The Morgan fingerprint density at radius 3 is 2.45 bits per heavy atom. The number of pyridine rings is 1. The van der Waals surface area contributed by atoms with E-state index in [9.17, 15) is 10.1 Å². The zero-order valence-corrected chi connectivity index (χ0v) is 16.0. The smallest absolute Gasteiger partial charge is 0.289 e. The Morgan fingerprint density at radius 2 is 1.83 bits per heavy atom. The van der Waals surface area contributed by atoms with Crippen LogP contribution in [0.25, 0.3) is 11.3 Å². The number of rotatable bonds is 5. The summed E-state index contributed by atoms with van der Waals surface area (Å²) in [4.78, 5) is 13.2. The van der Waals surface area contributed by atoms with Gasteiger partial charge in [0.2, 0.25) is 0 Å². The minimum Gasteiger partial charge on any atom is -0.384 e. The zero-order chi connectivity index (χ0) is 21.0. The molecule has 0 aliphatic carbocycles. The zero-order valence-electron chi connectivity index (χ0n) is 16.0. The number of alkyl halides is 1. The predicted molar refractivity (Wildman–Crippen MR) is 106 cm³/mol. The van der Waals surface area contributed by atoms with Crippen molar-refractivity contribution in [2.45, 2.75) is 26.2 Å². The SMILES string of the molecule is Cc1cccc(-c2cc(C(C)(F)OC#N)c(C#N)c(=O)n2Cc2ccccc2)c1. The van der Waals surface area contributed by atoms with E-state index >= 15 is 4.39 Å². The van der Waals surface area contributed by atoms with E-state index in [1.807, 2.05) is 55.5 Å². The molecule has 0 radical (unpaired) electrons. The van der Waals surface area contributed by atoms with Crippen LogP contribution in [0.4, 0.5) is 4.39 Å². The second-order valence-electron chi connectivity index (χ2n) is 6.79.